The Hall–Kier alpha value is -3.80. The predicted molar refractivity (Wildman–Crippen MR) is 115 cm³/mol. The summed E-state index contributed by atoms with van der Waals surface area (Å²) in [5, 5.41) is 8.62. The Bertz CT molecular complexity index is 1180. The number of carbonyl (C=O) groups is 1. The number of amides is 1. The van der Waals surface area contributed by atoms with Gasteiger partial charge in [0.15, 0.2) is 0 Å². The molecular formula is C23H22N4O2. The third-order valence-electron chi connectivity index (χ3n) is 4.97. The average molecular weight is 386 g/mol. The number of hydrogen-bond acceptors (Lipinski definition) is 4. The van der Waals surface area contributed by atoms with Crippen LogP contribution in [0.3, 0.4) is 0 Å². The lowest BCUT2D eigenvalue weighted by Crippen LogP contribution is -2.13. The van der Waals surface area contributed by atoms with E-state index in [0.29, 0.717) is 23.5 Å². The van der Waals surface area contributed by atoms with E-state index in [0.717, 1.165) is 27.9 Å². The highest BCUT2D eigenvalue weighted by molar-refractivity contribution is 6.05. The van der Waals surface area contributed by atoms with Gasteiger partial charge in [-0.05, 0) is 48.9 Å². The Morgan fingerprint density at radius 3 is 2.59 bits per heavy atom. The normalized spacial score (nSPS) is 10.8. The number of ether oxygens (including phenoxy) is 1. The molecule has 4 rings (SSSR count). The van der Waals surface area contributed by atoms with Gasteiger partial charge in [0.05, 0.1) is 30.5 Å². The third kappa shape index (κ3) is 3.78. The number of para-hydroxylation sites is 2. The first-order valence-electron chi connectivity index (χ1n) is 9.31. The van der Waals surface area contributed by atoms with Crippen molar-refractivity contribution < 1.29 is 9.53 Å². The molecule has 0 unspecified atom stereocenters. The van der Waals surface area contributed by atoms with E-state index >= 15 is 0 Å². The topological polar surface area (TPSA) is 82.2 Å². The molecule has 0 aliphatic rings. The van der Waals surface area contributed by atoms with E-state index in [4.69, 9.17) is 10.5 Å². The van der Waals surface area contributed by atoms with Crippen molar-refractivity contribution in [3.8, 4) is 5.75 Å². The lowest BCUT2D eigenvalue weighted by Gasteiger charge is -2.09. The second-order valence-corrected chi connectivity index (χ2v) is 6.86. The van der Waals surface area contributed by atoms with Gasteiger partial charge in [-0.3, -0.25) is 9.48 Å². The maximum atomic E-state index is 12.5. The van der Waals surface area contributed by atoms with Gasteiger partial charge >= 0.3 is 0 Å². The molecule has 6 nitrogen and oxygen atoms in total. The molecule has 0 radical (unpaired) electrons. The molecule has 1 heterocycles. The van der Waals surface area contributed by atoms with Crippen molar-refractivity contribution in [3.05, 3.63) is 83.6 Å². The largest absolute Gasteiger partial charge is 0.497 e. The van der Waals surface area contributed by atoms with Crippen LogP contribution in [0.5, 0.6) is 5.75 Å². The fourth-order valence-electron chi connectivity index (χ4n) is 3.26. The summed E-state index contributed by atoms with van der Waals surface area (Å²) in [6.07, 6.45) is 0. The van der Waals surface area contributed by atoms with Crippen LogP contribution in [0.25, 0.3) is 10.9 Å². The number of aromatic nitrogens is 2. The molecule has 0 saturated heterocycles. The van der Waals surface area contributed by atoms with Crippen molar-refractivity contribution in [2.45, 2.75) is 13.5 Å². The monoisotopic (exact) mass is 386 g/mol. The molecule has 0 spiro atoms. The summed E-state index contributed by atoms with van der Waals surface area (Å²) in [7, 11) is 1.65. The second kappa shape index (κ2) is 7.67. The summed E-state index contributed by atoms with van der Waals surface area (Å²) in [5.74, 6) is 0.596. The standard InChI is InChI=1S/C23H22N4O2/c1-15-19-12-11-18(29-2)13-22(19)26-27(15)14-16-7-9-17(10-8-16)23(28)25-21-6-4-3-5-20(21)24/h3-13H,14,24H2,1-2H3,(H,25,28). The minimum atomic E-state index is -0.192. The second-order valence-electron chi connectivity index (χ2n) is 6.86. The Labute approximate surface area is 168 Å². The van der Waals surface area contributed by atoms with Gasteiger partial charge in [-0.2, -0.15) is 5.10 Å². The number of fused-ring (bicyclic) bond motifs is 1. The number of hydrogen-bond donors (Lipinski definition) is 2. The lowest BCUT2D eigenvalue weighted by atomic mass is 10.1. The summed E-state index contributed by atoms with van der Waals surface area (Å²) in [5.41, 5.74) is 10.7. The Balaban J connectivity index is 1.51. The van der Waals surface area contributed by atoms with Crippen LogP contribution in [0.2, 0.25) is 0 Å². The Morgan fingerprint density at radius 1 is 1.10 bits per heavy atom. The molecule has 0 saturated carbocycles. The summed E-state index contributed by atoms with van der Waals surface area (Å²) in [6.45, 7) is 2.67. The van der Waals surface area contributed by atoms with Crippen LogP contribution in [-0.2, 0) is 6.54 Å². The summed E-state index contributed by atoms with van der Waals surface area (Å²) in [4.78, 5) is 12.5. The number of nitrogens with zero attached hydrogens (tertiary/aromatic N) is 2. The molecule has 6 heteroatoms. The first kappa shape index (κ1) is 18.6. The lowest BCUT2D eigenvalue weighted by molar-refractivity contribution is 0.102. The quantitative estimate of drug-likeness (QED) is 0.503. The fourth-order valence-corrected chi connectivity index (χ4v) is 3.26. The van der Waals surface area contributed by atoms with Crippen LogP contribution in [0.15, 0.2) is 66.7 Å². The van der Waals surface area contributed by atoms with Gasteiger partial charge in [-0.1, -0.05) is 24.3 Å². The molecule has 0 bridgehead atoms. The molecule has 0 aliphatic carbocycles. The zero-order chi connectivity index (χ0) is 20.4. The van der Waals surface area contributed by atoms with Crippen molar-refractivity contribution in [3.63, 3.8) is 0 Å². The van der Waals surface area contributed by atoms with Gasteiger partial charge in [0.25, 0.3) is 5.91 Å². The van der Waals surface area contributed by atoms with Crippen LogP contribution in [-0.4, -0.2) is 22.8 Å². The van der Waals surface area contributed by atoms with Gasteiger partial charge < -0.3 is 15.8 Å². The molecule has 3 N–H and O–H groups in total. The minimum absolute atomic E-state index is 0.192. The van der Waals surface area contributed by atoms with E-state index in [-0.39, 0.29) is 5.91 Å². The van der Waals surface area contributed by atoms with E-state index in [1.165, 1.54) is 0 Å². The highest BCUT2D eigenvalue weighted by atomic mass is 16.5. The highest BCUT2D eigenvalue weighted by Gasteiger charge is 2.11. The smallest absolute Gasteiger partial charge is 0.255 e. The number of nitrogen functional groups attached to an aromatic ring is 1. The van der Waals surface area contributed by atoms with E-state index in [1.807, 2.05) is 66.2 Å². The van der Waals surface area contributed by atoms with Crippen LogP contribution < -0.4 is 15.8 Å². The summed E-state index contributed by atoms with van der Waals surface area (Å²) < 4.78 is 7.24. The first-order chi connectivity index (χ1) is 14.0. The van der Waals surface area contributed by atoms with Crippen molar-refractivity contribution in [1.82, 2.24) is 9.78 Å². The minimum Gasteiger partial charge on any atom is -0.497 e. The molecule has 0 fully saturated rings. The molecule has 0 atom stereocenters. The van der Waals surface area contributed by atoms with Crippen LogP contribution in [0.4, 0.5) is 11.4 Å². The van der Waals surface area contributed by atoms with Gasteiger partial charge in [0.1, 0.15) is 5.75 Å². The summed E-state index contributed by atoms with van der Waals surface area (Å²) in [6, 6.07) is 20.6. The van der Waals surface area contributed by atoms with Crippen molar-refractivity contribution in [2.24, 2.45) is 0 Å². The molecule has 146 valence electrons. The molecule has 1 amide bonds. The molecule has 29 heavy (non-hydrogen) atoms. The zero-order valence-electron chi connectivity index (χ0n) is 16.3. The van der Waals surface area contributed by atoms with Gasteiger partial charge in [0.2, 0.25) is 0 Å². The van der Waals surface area contributed by atoms with E-state index in [1.54, 1.807) is 19.2 Å². The maximum absolute atomic E-state index is 12.5. The Kier molecular flexibility index (Phi) is 4.91. The van der Waals surface area contributed by atoms with E-state index in [9.17, 15) is 4.79 Å². The van der Waals surface area contributed by atoms with Crippen LogP contribution in [0, 0.1) is 6.92 Å². The molecular weight excluding hydrogens is 364 g/mol. The van der Waals surface area contributed by atoms with E-state index in [2.05, 4.69) is 10.4 Å². The SMILES string of the molecule is COc1ccc2c(C)n(Cc3ccc(C(=O)Nc4ccccc4N)cc3)nc2c1. The summed E-state index contributed by atoms with van der Waals surface area (Å²) >= 11 is 0. The number of carbonyl (C=O) groups excluding carboxylic acids is 1. The number of aryl methyl sites for hydroxylation is 1. The maximum Gasteiger partial charge on any atom is 0.255 e. The van der Waals surface area contributed by atoms with Crippen LogP contribution >= 0.6 is 0 Å². The van der Waals surface area contributed by atoms with Gasteiger partial charge in [-0.15, -0.1) is 0 Å². The first-order valence-corrected chi connectivity index (χ1v) is 9.31. The molecule has 0 aliphatic heterocycles. The number of benzene rings is 3. The molecule has 3 aromatic carbocycles. The number of nitrogens with one attached hydrogen (secondary N) is 1. The van der Waals surface area contributed by atoms with Crippen molar-refractivity contribution in [2.75, 3.05) is 18.2 Å². The van der Waals surface area contributed by atoms with Crippen molar-refractivity contribution in [1.29, 1.82) is 0 Å². The van der Waals surface area contributed by atoms with Crippen molar-refractivity contribution >= 4 is 28.2 Å². The predicted octanol–water partition coefficient (Wildman–Crippen LogP) is 4.24. The molecule has 1 aromatic heterocycles. The van der Waals surface area contributed by atoms with Gasteiger partial charge in [0, 0.05) is 22.7 Å². The molecule has 4 aromatic rings. The highest BCUT2D eigenvalue weighted by Crippen LogP contribution is 2.23. The average Bonchev–Trinajstić information content (AvgIpc) is 3.04. The zero-order valence-corrected chi connectivity index (χ0v) is 16.3. The fraction of sp³-hybridized carbons (Fsp3) is 0.130. The Morgan fingerprint density at radius 2 is 1.86 bits per heavy atom. The number of methoxy groups -OCH3 is 1. The van der Waals surface area contributed by atoms with E-state index < -0.39 is 0 Å². The number of rotatable bonds is 5. The van der Waals surface area contributed by atoms with Crippen LogP contribution in [0.1, 0.15) is 21.6 Å². The van der Waals surface area contributed by atoms with Gasteiger partial charge in [-0.25, -0.2) is 0 Å². The number of anilines is 2. The third-order valence-corrected chi connectivity index (χ3v) is 4.97. The number of nitrogens with two attached hydrogens (primary N) is 1.